The first-order valence-corrected chi connectivity index (χ1v) is 11.9. The molecule has 0 saturated carbocycles. The van der Waals surface area contributed by atoms with E-state index in [1.165, 1.54) is 11.3 Å². The van der Waals surface area contributed by atoms with Gasteiger partial charge in [0.05, 0.1) is 29.0 Å². The van der Waals surface area contributed by atoms with Crippen molar-refractivity contribution in [1.82, 2.24) is 9.55 Å². The maximum absolute atomic E-state index is 13.9. The van der Waals surface area contributed by atoms with Gasteiger partial charge in [0, 0.05) is 9.90 Å². The summed E-state index contributed by atoms with van der Waals surface area (Å²) in [6, 6.07) is 18.3. The Bertz CT molecular complexity index is 1670. The van der Waals surface area contributed by atoms with Crippen LogP contribution in [0.1, 0.15) is 33.3 Å². The van der Waals surface area contributed by atoms with Gasteiger partial charge in [0.2, 0.25) is 5.88 Å². The van der Waals surface area contributed by atoms with Gasteiger partial charge >= 0.3 is 5.63 Å². The van der Waals surface area contributed by atoms with Crippen LogP contribution in [0.5, 0.6) is 11.6 Å². The molecule has 3 aromatic heterocycles. The summed E-state index contributed by atoms with van der Waals surface area (Å²) < 4.78 is 13.4. The number of halogens is 1. The van der Waals surface area contributed by atoms with Gasteiger partial charge < -0.3 is 9.15 Å². The molecule has 0 unspecified atom stereocenters. The van der Waals surface area contributed by atoms with E-state index < -0.39 is 11.5 Å². The molecule has 0 radical (unpaired) electrons. The van der Waals surface area contributed by atoms with Crippen molar-refractivity contribution < 1.29 is 9.15 Å². The maximum Gasteiger partial charge on any atom is 0.344 e. The summed E-state index contributed by atoms with van der Waals surface area (Å²) in [6.07, 6.45) is 0. The third-order valence-electron chi connectivity index (χ3n) is 6.02. The maximum atomic E-state index is 13.9. The van der Waals surface area contributed by atoms with Gasteiger partial charge in [-0.3, -0.25) is 9.36 Å². The standard InChI is InChI=1S/C26H17ClN2O4S/c1-14-28-24-22(25(30)29(14)13-15-8-10-16(27)11-9-15)20(19-7-4-12-34-19)21-23(33-24)17-5-2-3-6-18(17)32-26(21)31/h2-12,20H,13H2,1H3/t20-/m1/s1. The van der Waals surface area contributed by atoms with Crippen LogP contribution < -0.4 is 15.9 Å². The fourth-order valence-electron chi connectivity index (χ4n) is 4.41. The van der Waals surface area contributed by atoms with E-state index in [1.54, 1.807) is 35.8 Å². The Kier molecular flexibility index (Phi) is 4.90. The molecule has 0 N–H and O–H groups in total. The lowest BCUT2D eigenvalue weighted by atomic mass is 9.88. The van der Waals surface area contributed by atoms with Crippen LogP contribution in [-0.2, 0) is 6.54 Å². The van der Waals surface area contributed by atoms with Crippen molar-refractivity contribution >= 4 is 33.9 Å². The van der Waals surface area contributed by atoms with Crippen molar-refractivity contribution in [3.05, 3.63) is 119 Å². The molecule has 1 aliphatic heterocycles. The zero-order chi connectivity index (χ0) is 23.4. The van der Waals surface area contributed by atoms with Crippen molar-refractivity contribution in [3.63, 3.8) is 0 Å². The number of benzene rings is 2. The monoisotopic (exact) mass is 488 g/mol. The number of rotatable bonds is 3. The van der Waals surface area contributed by atoms with E-state index in [0.29, 0.717) is 45.2 Å². The molecule has 1 atom stereocenters. The van der Waals surface area contributed by atoms with Crippen LogP contribution in [0, 0.1) is 6.92 Å². The van der Waals surface area contributed by atoms with Crippen LogP contribution in [0.15, 0.2) is 80.0 Å². The first-order valence-electron chi connectivity index (χ1n) is 10.6. The second-order valence-corrected chi connectivity index (χ2v) is 9.49. The highest BCUT2D eigenvalue weighted by Crippen LogP contribution is 2.47. The lowest BCUT2D eigenvalue weighted by Gasteiger charge is -2.27. The Labute approximate surface area is 202 Å². The van der Waals surface area contributed by atoms with E-state index in [-0.39, 0.29) is 11.4 Å². The molecular formula is C26H17ClN2O4S. The van der Waals surface area contributed by atoms with Gasteiger partial charge in [-0.2, -0.15) is 4.98 Å². The third kappa shape index (κ3) is 3.28. The second-order valence-electron chi connectivity index (χ2n) is 8.07. The van der Waals surface area contributed by atoms with Gasteiger partial charge in [-0.1, -0.05) is 41.9 Å². The Morgan fingerprint density at radius 3 is 2.59 bits per heavy atom. The Morgan fingerprint density at radius 1 is 1.03 bits per heavy atom. The summed E-state index contributed by atoms with van der Waals surface area (Å²) >= 11 is 7.49. The molecule has 0 saturated heterocycles. The van der Waals surface area contributed by atoms with Crippen LogP contribution in [0.2, 0.25) is 5.02 Å². The van der Waals surface area contributed by atoms with Crippen LogP contribution >= 0.6 is 22.9 Å². The molecule has 5 aromatic rings. The van der Waals surface area contributed by atoms with Crippen molar-refractivity contribution in [3.8, 4) is 11.6 Å². The van der Waals surface area contributed by atoms with E-state index in [2.05, 4.69) is 4.98 Å². The predicted molar refractivity (Wildman–Crippen MR) is 132 cm³/mol. The lowest BCUT2D eigenvalue weighted by Crippen LogP contribution is -2.33. The van der Waals surface area contributed by atoms with Crippen molar-refractivity contribution in [2.75, 3.05) is 0 Å². The fourth-order valence-corrected chi connectivity index (χ4v) is 5.38. The third-order valence-corrected chi connectivity index (χ3v) is 7.21. The summed E-state index contributed by atoms with van der Waals surface area (Å²) in [5.74, 6) is 0.479. The molecule has 0 amide bonds. The van der Waals surface area contributed by atoms with E-state index in [0.717, 1.165) is 10.4 Å². The number of hydrogen-bond acceptors (Lipinski definition) is 6. The molecule has 0 fully saturated rings. The van der Waals surface area contributed by atoms with Crippen LogP contribution in [0.3, 0.4) is 0 Å². The number of ether oxygens (including phenoxy) is 1. The quantitative estimate of drug-likeness (QED) is 0.298. The van der Waals surface area contributed by atoms with Crippen molar-refractivity contribution in [2.45, 2.75) is 19.4 Å². The highest BCUT2D eigenvalue weighted by Gasteiger charge is 2.38. The van der Waals surface area contributed by atoms with Crippen LogP contribution in [-0.4, -0.2) is 9.55 Å². The normalized spacial score (nSPS) is 14.5. The minimum Gasteiger partial charge on any atom is -0.437 e. The summed E-state index contributed by atoms with van der Waals surface area (Å²) in [7, 11) is 0. The van der Waals surface area contributed by atoms with Gasteiger partial charge in [-0.15, -0.1) is 11.3 Å². The largest absolute Gasteiger partial charge is 0.437 e. The van der Waals surface area contributed by atoms with Gasteiger partial charge in [-0.25, -0.2) is 4.79 Å². The molecule has 8 heteroatoms. The number of fused-ring (bicyclic) bond motifs is 4. The average molecular weight is 489 g/mol. The topological polar surface area (TPSA) is 74.3 Å². The first kappa shape index (κ1) is 20.9. The van der Waals surface area contributed by atoms with E-state index >= 15 is 0 Å². The number of thiophene rings is 1. The first-order chi connectivity index (χ1) is 16.5. The Hall–Kier alpha value is -3.68. The molecule has 6 nitrogen and oxygen atoms in total. The van der Waals surface area contributed by atoms with E-state index in [9.17, 15) is 9.59 Å². The van der Waals surface area contributed by atoms with E-state index in [4.69, 9.17) is 20.8 Å². The number of aryl methyl sites for hydroxylation is 1. The number of hydrogen-bond donors (Lipinski definition) is 0. The molecule has 0 bridgehead atoms. The SMILES string of the molecule is Cc1nc2c(c(=O)n1Cc1ccc(Cl)cc1)[C@H](c1cccs1)c1c(c3ccccc3oc1=O)O2. The molecule has 1 aliphatic rings. The second kappa shape index (κ2) is 7.97. The van der Waals surface area contributed by atoms with Gasteiger partial charge in [-0.05, 0) is 48.2 Å². The fraction of sp³-hybridized carbons (Fsp3) is 0.115. The zero-order valence-electron chi connectivity index (χ0n) is 17.9. The minimum absolute atomic E-state index is 0.219. The molecule has 0 aliphatic carbocycles. The van der Waals surface area contributed by atoms with Crippen LogP contribution in [0.25, 0.3) is 11.0 Å². The molecule has 0 spiro atoms. The summed E-state index contributed by atoms with van der Waals surface area (Å²) in [6.45, 7) is 2.09. The number of para-hydroxylation sites is 1. The Balaban J connectivity index is 1.61. The van der Waals surface area contributed by atoms with E-state index in [1.807, 2.05) is 41.8 Å². The van der Waals surface area contributed by atoms with Gasteiger partial charge in [0.25, 0.3) is 5.56 Å². The highest BCUT2D eigenvalue weighted by molar-refractivity contribution is 7.10. The van der Waals surface area contributed by atoms with Crippen molar-refractivity contribution in [2.24, 2.45) is 0 Å². The molecule has 168 valence electrons. The number of nitrogens with zero attached hydrogens (tertiary/aromatic N) is 2. The lowest BCUT2D eigenvalue weighted by molar-refractivity contribution is 0.414. The van der Waals surface area contributed by atoms with Gasteiger partial charge in [0.1, 0.15) is 11.4 Å². The molecule has 6 rings (SSSR count). The van der Waals surface area contributed by atoms with Crippen LogP contribution in [0.4, 0.5) is 0 Å². The Morgan fingerprint density at radius 2 is 1.82 bits per heavy atom. The predicted octanol–water partition coefficient (Wildman–Crippen LogP) is 5.71. The average Bonchev–Trinajstić information content (AvgIpc) is 3.36. The highest BCUT2D eigenvalue weighted by atomic mass is 35.5. The smallest absolute Gasteiger partial charge is 0.344 e. The molecule has 34 heavy (non-hydrogen) atoms. The molecular weight excluding hydrogens is 472 g/mol. The molecule has 2 aromatic carbocycles. The zero-order valence-corrected chi connectivity index (χ0v) is 19.5. The summed E-state index contributed by atoms with van der Waals surface area (Å²) in [5.41, 5.74) is 1.20. The van der Waals surface area contributed by atoms with Gasteiger partial charge in [0.15, 0.2) is 5.75 Å². The minimum atomic E-state index is -0.642. The van der Waals surface area contributed by atoms with Crippen molar-refractivity contribution in [1.29, 1.82) is 0 Å². The number of aromatic nitrogens is 2. The molecule has 4 heterocycles. The summed E-state index contributed by atoms with van der Waals surface area (Å²) in [4.78, 5) is 32.6. The summed E-state index contributed by atoms with van der Waals surface area (Å²) in [5, 5.41) is 3.20.